The van der Waals surface area contributed by atoms with Crippen LogP contribution in [0, 0.1) is 6.92 Å². The molecule has 1 fully saturated rings. The number of aromatic nitrogens is 2. The fraction of sp³-hybridized carbons (Fsp3) is 0.408. The third-order valence-corrected chi connectivity index (χ3v) is 16.1. The quantitative estimate of drug-likeness (QED) is 0.0245. The second kappa shape index (κ2) is 20.7. The van der Waals surface area contributed by atoms with Crippen molar-refractivity contribution in [3.05, 3.63) is 148 Å². The number of rotatable bonds is 20. The number of carbonyl (C=O) groups is 1. The molecule has 0 saturated carbocycles. The highest BCUT2D eigenvalue weighted by atomic mass is 28.4. The monoisotopic (exact) mass is 864 g/mol. The second-order valence-electron chi connectivity index (χ2n) is 16.9. The highest BCUT2D eigenvalue weighted by Gasteiger charge is 2.47. The third kappa shape index (κ3) is 11.2. The molecule has 1 aromatic heterocycles. The van der Waals surface area contributed by atoms with Crippen molar-refractivity contribution in [2.75, 3.05) is 40.6 Å². The van der Waals surface area contributed by atoms with Crippen molar-refractivity contribution in [2.24, 2.45) is 0 Å². The number of methoxy groups -OCH3 is 2. The molecular formula is C49H60N2O10Si. The summed E-state index contributed by atoms with van der Waals surface area (Å²) in [7, 11) is 0.964. The van der Waals surface area contributed by atoms with Crippen molar-refractivity contribution in [1.82, 2.24) is 9.55 Å². The van der Waals surface area contributed by atoms with Crippen LogP contribution in [-0.4, -0.2) is 76.7 Å². The number of benzene rings is 4. The average Bonchev–Trinajstić information content (AvgIpc) is 3.66. The number of hydrogen-bond acceptors (Lipinski definition) is 11. The zero-order valence-corrected chi connectivity index (χ0v) is 38.1. The van der Waals surface area contributed by atoms with Gasteiger partial charge in [0.15, 0.2) is 8.32 Å². The first-order valence-electron chi connectivity index (χ1n) is 21.1. The van der Waals surface area contributed by atoms with E-state index in [-0.39, 0.29) is 30.2 Å². The van der Waals surface area contributed by atoms with Crippen molar-refractivity contribution < 1.29 is 42.4 Å². The Kier molecular flexibility index (Phi) is 15.4. The van der Waals surface area contributed by atoms with Gasteiger partial charge in [-0.25, -0.2) is 9.59 Å². The highest BCUT2D eigenvalue weighted by Crippen LogP contribution is 2.45. The van der Waals surface area contributed by atoms with Gasteiger partial charge in [-0.3, -0.25) is 4.57 Å². The fourth-order valence-corrected chi connectivity index (χ4v) is 8.52. The van der Waals surface area contributed by atoms with Crippen LogP contribution in [0.5, 0.6) is 23.1 Å². The molecule has 5 aromatic rings. The lowest BCUT2D eigenvalue weighted by Gasteiger charge is -2.40. The topological polar surface area (TPSA) is 126 Å². The van der Waals surface area contributed by atoms with Gasteiger partial charge in [0.25, 0.3) is 0 Å². The molecule has 0 aliphatic carbocycles. The van der Waals surface area contributed by atoms with Gasteiger partial charge in [-0.1, -0.05) is 93.6 Å². The van der Waals surface area contributed by atoms with E-state index in [1.165, 1.54) is 4.57 Å². The van der Waals surface area contributed by atoms with Crippen molar-refractivity contribution in [3.63, 3.8) is 0 Å². The molecule has 6 rings (SSSR count). The van der Waals surface area contributed by atoms with Crippen LogP contribution in [0.3, 0.4) is 0 Å². The van der Waals surface area contributed by atoms with E-state index in [9.17, 15) is 9.59 Å². The van der Waals surface area contributed by atoms with Gasteiger partial charge < -0.3 is 37.6 Å². The van der Waals surface area contributed by atoms with Gasteiger partial charge in [-0.05, 0) is 91.0 Å². The van der Waals surface area contributed by atoms with Gasteiger partial charge in [-0.2, -0.15) is 4.98 Å². The summed E-state index contributed by atoms with van der Waals surface area (Å²) in [5.41, 5.74) is 1.85. The molecule has 62 heavy (non-hydrogen) atoms. The summed E-state index contributed by atoms with van der Waals surface area (Å²) in [6, 6.07) is 34.8. The van der Waals surface area contributed by atoms with Crippen molar-refractivity contribution in [1.29, 1.82) is 0 Å². The lowest BCUT2D eigenvalue weighted by atomic mass is 9.80. The third-order valence-electron chi connectivity index (χ3n) is 11.6. The molecule has 0 bridgehead atoms. The van der Waals surface area contributed by atoms with Crippen LogP contribution in [0.1, 0.15) is 68.5 Å². The molecule has 2 heterocycles. The molecule has 1 aliphatic heterocycles. The van der Waals surface area contributed by atoms with Crippen LogP contribution in [0.2, 0.25) is 18.1 Å². The predicted octanol–water partition coefficient (Wildman–Crippen LogP) is 9.04. The highest BCUT2D eigenvalue weighted by molar-refractivity contribution is 6.74. The Morgan fingerprint density at radius 2 is 1.35 bits per heavy atom. The number of para-hydroxylation sites is 1. The smallest absolute Gasteiger partial charge is 0.352 e. The van der Waals surface area contributed by atoms with E-state index < -0.39 is 37.9 Å². The molecule has 13 heteroatoms. The standard InChI is InChI=1S/C49H60N2O10Si/c1-35-32-51(47(53)50-46(35)57-30-16-15-29-56-34-45(52)59-41-19-13-10-14-20-41)44-31-42(61-62(7,8)48(2,3)4)43(60-44)33-58-49(36-17-11-9-12-18-36,37-21-25-39(54-5)26-22-37)38-23-27-40(55-6)28-24-38/h9-14,17-28,32,42-44H,15-16,29-31,33-34H2,1-8H3/t42-,43+,44+/m0/s1. The van der Waals surface area contributed by atoms with Crippen molar-refractivity contribution >= 4 is 14.3 Å². The van der Waals surface area contributed by atoms with E-state index in [4.69, 9.17) is 37.6 Å². The first kappa shape index (κ1) is 46.2. The lowest BCUT2D eigenvalue weighted by molar-refractivity contribution is -0.139. The minimum atomic E-state index is -2.33. The zero-order valence-electron chi connectivity index (χ0n) is 37.1. The minimum absolute atomic E-state index is 0.0786. The van der Waals surface area contributed by atoms with Gasteiger partial charge in [0, 0.05) is 24.8 Å². The van der Waals surface area contributed by atoms with Gasteiger partial charge in [-0.15, -0.1) is 0 Å². The van der Waals surface area contributed by atoms with Crippen LogP contribution < -0.4 is 24.6 Å². The SMILES string of the molecule is COc1ccc(C(OC[C@H]2O[C@@H](n3cc(C)c(OCCCCOCC(=O)Oc4ccccc4)nc3=O)C[C@@H]2O[Si](C)(C)C(C)(C)C)(c2ccccc2)c2ccc(OC)cc2)cc1. The summed E-state index contributed by atoms with van der Waals surface area (Å²) in [6.45, 7) is 13.6. The summed E-state index contributed by atoms with van der Waals surface area (Å²) in [5.74, 6) is 1.73. The van der Waals surface area contributed by atoms with Crippen LogP contribution in [0.15, 0.2) is 120 Å². The van der Waals surface area contributed by atoms with Crippen LogP contribution in [0.25, 0.3) is 0 Å². The minimum Gasteiger partial charge on any atom is -0.497 e. The number of nitrogens with zero attached hydrogens (tertiary/aromatic N) is 2. The Morgan fingerprint density at radius 3 is 1.94 bits per heavy atom. The normalized spacial score (nSPS) is 16.8. The van der Waals surface area contributed by atoms with E-state index in [0.717, 1.165) is 28.2 Å². The Bertz CT molecular complexity index is 2200. The van der Waals surface area contributed by atoms with Crippen molar-refractivity contribution in [3.8, 4) is 23.1 Å². The largest absolute Gasteiger partial charge is 0.497 e. The summed E-state index contributed by atoms with van der Waals surface area (Å²) in [5, 5.41) is -0.0786. The van der Waals surface area contributed by atoms with E-state index >= 15 is 0 Å². The molecule has 12 nitrogen and oxygen atoms in total. The number of unbranched alkanes of at least 4 members (excludes halogenated alkanes) is 1. The van der Waals surface area contributed by atoms with E-state index in [0.29, 0.717) is 43.8 Å². The average molecular weight is 865 g/mol. The van der Waals surface area contributed by atoms with E-state index in [1.54, 1.807) is 44.7 Å². The second-order valence-corrected chi connectivity index (χ2v) is 21.7. The maximum Gasteiger partial charge on any atom is 0.352 e. The van der Waals surface area contributed by atoms with Crippen LogP contribution in [-0.2, 0) is 29.0 Å². The molecule has 330 valence electrons. The van der Waals surface area contributed by atoms with E-state index in [1.807, 2.05) is 79.7 Å². The molecule has 1 saturated heterocycles. The Balaban J connectivity index is 1.19. The van der Waals surface area contributed by atoms with Crippen molar-refractivity contribution in [2.45, 2.75) is 89.1 Å². The summed E-state index contributed by atoms with van der Waals surface area (Å²) >= 11 is 0. The number of carbonyl (C=O) groups excluding carboxylic acids is 1. The Labute approximate surface area is 366 Å². The van der Waals surface area contributed by atoms with E-state index in [2.05, 4.69) is 51.0 Å². The lowest BCUT2D eigenvalue weighted by Crippen LogP contribution is -2.47. The molecule has 3 atom stereocenters. The molecule has 0 N–H and O–H groups in total. The molecule has 4 aromatic carbocycles. The molecule has 0 amide bonds. The predicted molar refractivity (Wildman–Crippen MR) is 240 cm³/mol. The van der Waals surface area contributed by atoms with Gasteiger partial charge in [0.05, 0.1) is 33.5 Å². The number of aryl methyl sites for hydroxylation is 1. The molecule has 1 aliphatic rings. The number of hydrogen-bond donors (Lipinski definition) is 0. The van der Waals surface area contributed by atoms with Crippen LogP contribution in [0.4, 0.5) is 0 Å². The Morgan fingerprint density at radius 1 is 0.790 bits per heavy atom. The first-order chi connectivity index (χ1) is 29.7. The molecule has 0 unspecified atom stereocenters. The van der Waals surface area contributed by atoms with Gasteiger partial charge in [0.2, 0.25) is 5.88 Å². The Hall–Kier alpha value is -5.31. The molecule has 0 radical (unpaired) electrons. The molecule has 0 spiro atoms. The van der Waals surface area contributed by atoms with Gasteiger partial charge >= 0.3 is 11.7 Å². The number of ether oxygens (including phenoxy) is 7. The summed E-state index contributed by atoms with van der Waals surface area (Å²) in [6.07, 6.45) is 1.86. The van der Waals surface area contributed by atoms with Crippen LogP contribution >= 0.6 is 0 Å². The zero-order chi connectivity index (χ0) is 44.3. The number of esters is 1. The fourth-order valence-electron chi connectivity index (χ4n) is 7.17. The van der Waals surface area contributed by atoms with Gasteiger partial charge in [0.1, 0.15) is 41.8 Å². The molecular weight excluding hydrogens is 805 g/mol. The summed E-state index contributed by atoms with van der Waals surface area (Å²) in [4.78, 5) is 30.1. The maximum atomic E-state index is 13.7. The maximum absolute atomic E-state index is 13.7. The first-order valence-corrected chi connectivity index (χ1v) is 24.0. The summed E-state index contributed by atoms with van der Waals surface area (Å²) < 4.78 is 50.5.